The molecule has 4 nitrogen and oxygen atoms in total. The predicted molar refractivity (Wildman–Crippen MR) is 73.2 cm³/mol. The van der Waals surface area contributed by atoms with Gasteiger partial charge in [0.25, 0.3) is 0 Å². The zero-order valence-electron chi connectivity index (χ0n) is 10.9. The lowest BCUT2D eigenvalue weighted by Crippen LogP contribution is -2.22. The number of carbonyl (C=O) groups is 2. The molecule has 19 heavy (non-hydrogen) atoms. The van der Waals surface area contributed by atoms with E-state index < -0.39 is 5.97 Å². The fourth-order valence-electron chi connectivity index (χ4n) is 2.48. The summed E-state index contributed by atoms with van der Waals surface area (Å²) in [5.41, 5.74) is 0.895. The molecule has 1 amide bonds. The Morgan fingerprint density at radius 2 is 1.58 bits per heavy atom. The molecule has 0 radical (unpaired) electrons. The first-order chi connectivity index (χ1) is 9.16. The Morgan fingerprint density at radius 1 is 1.00 bits per heavy atom. The summed E-state index contributed by atoms with van der Waals surface area (Å²) in [5.74, 6) is -0.798. The third-order valence-electron chi connectivity index (χ3n) is 3.63. The standard InChI is InChI=1S/C15H19NO3/c17-14(11-5-3-1-2-4-6-11)16-13-9-7-12(8-10-13)15(18)19/h7-11H,1-6H2,(H,16,17)(H,18,19). The molecule has 4 heteroatoms. The van der Waals surface area contributed by atoms with E-state index in [0.29, 0.717) is 5.69 Å². The number of hydrogen-bond acceptors (Lipinski definition) is 2. The Balaban J connectivity index is 1.95. The summed E-state index contributed by atoms with van der Waals surface area (Å²) >= 11 is 0. The molecule has 0 spiro atoms. The number of carboxylic acid groups (broad SMARTS) is 1. The van der Waals surface area contributed by atoms with E-state index in [1.54, 1.807) is 12.1 Å². The van der Waals surface area contributed by atoms with Crippen LogP contribution in [0.1, 0.15) is 48.9 Å². The molecule has 1 aromatic carbocycles. The summed E-state index contributed by atoms with van der Waals surface area (Å²) in [6, 6.07) is 6.28. The minimum Gasteiger partial charge on any atom is -0.478 e. The minimum absolute atomic E-state index is 0.0602. The van der Waals surface area contributed by atoms with Crippen LogP contribution in [-0.4, -0.2) is 17.0 Å². The fraction of sp³-hybridized carbons (Fsp3) is 0.467. The Morgan fingerprint density at radius 3 is 2.11 bits per heavy atom. The van der Waals surface area contributed by atoms with Gasteiger partial charge in [-0.2, -0.15) is 0 Å². The molecule has 0 atom stereocenters. The van der Waals surface area contributed by atoms with Crippen LogP contribution in [0.2, 0.25) is 0 Å². The predicted octanol–water partition coefficient (Wildman–Crippen LogP) is 3.29. The highest BCUT2D eigenvalue weighted by atomic mass is 16.4. The second-order valence-electron chi connectivity index (χ2n) is 5.06. The van der Waals surface area contributed by atoms with Crippen LogP contribution in [0, 0.1) is 5.92 Å². The fourth-order valence-corrected chi connectivity index (χ4v) is 2.48. The molecule has 1 aliphatic rings. The summed E-state index contributed by atoms with van der Waals surface area (Å²) in [7, 11) is 0. The number of amides is 1. The zero-order chi connectivity index (χ0) is 13.7. The van der Waals surface area contributed by atoms with Crippen molar-refractivity contribution in [1.29, 1.82) is 0 Å². The summed E-state index contributed by atoms with van der Waals surface area (Å²) in [5, 5.41) is 11.7. The van der Waals surface area contributed by atoms with Gasteiger partial charge in [-0.25, -0.2) is 4.79 Å². The third kappa shape index (κ3) is 3.81. The van der Waals surface area contributed by atoms with Crippen LogP contribution in [-0.2, 0) is 4.79 Å². The monoisotopic (exact) mass is 261 g/mol. The number of carbonyl (C=O) groups excluding carboxylic acids is 1. The molecular formula is C15H19NO3. The van der Waals surface area contributed by atoms with E-state index in [9.17, 15) is 9.59 Å². The number of carboxylic acids is 1. The first kappa shape index (κ1) is 13.6. The van der Waals surface area contributed by atoms with E-state index >= 15 is 0 Å². The van der Waals surface area contributed by atoms with Crippen LogP contribution in [0.25, 0.3) is 0 Å². The SMILES string of the molecule is O=C(O)c1ccc(NC(=O)C2CCCCCC2)cc1. The van der Waals surface area contributed by atoms with Gasteiger partial charge in [0.05, 0.1) is 5.56 Å². The first-order valence-electron chi connectivity index (χ1n) is 6.81. The van der Waals surface area contributed by atoms with Gasteiger partial charge in [-0.15, -0.1) is 0 Å². The third-order valence-corrected chi connectivity index (χ3v) is 3.63. The summed E-state index contributed by atoms with van der Waals surface area (Å²) in [6.45, 7) is 0. The molecule has 2 rings (SSSR count). The van der Waals surface area contributed by atoms with Crippen LogP contribution in [0.5, 0.6) is 0 Å². The van der Waals surface area contributed by atoms with E-state index in [0.717, 1.165) is 25.7 Å². The van der Waals surface area contributed by atoms with Gasteiger partial charge in [0.15, 0.2) is 0 Å². The molecule has 1 fully saturated rings. The number of nitrogens with one attached hydrogen (secondary N) is 1. The Kier molecular flexibility index (Phi) is 4.55. The number of rotatable bonds is 3. The largest absolute Gasteiger partial charge is 0.478 e. The van der Waals surface area contributed by atoms with E-state index in [-0.39, 0.29) is 17.4 Å². The highest BCUT2D eigenvalue weighted by molar-refractivity contribution is 5.93. The molecule has 0 bridgehead atoms. The molecule has 0 aliphatic heterocycles. The maximum Gasteiger partial charge on any atom is 0.335 e. The van der Waals surface area contributed by atoms with Gasteiger partial charge in [-0.05, 0) is 37.1 Å². The minimum atomic E-state index is -0.957. The molecule has 1 aliphatic carbocycles. The smallest absolute Gasteiger partial charge is 0.335 e. The second-order valence-corrected chi connectivity index (χ2v) is 5.06. The highest BCUT2D eigenvalue weighted by Gasteiger charge is 2.19. The van der Waals surface area contributed by atoms with Crippen molar-refractivity contribution in [2.75, 3.05) is 5.32 Å². The van der Waals surface area contributed by atoms with Crippen LogP contribution in [0.3, 0.4) is 0 Å². The zero-order valence-corrected chi connectivity index (χ0v) is 10.9. The van der Waals surface area contributed by atoms with Gasteiger partial charge in [-0.1, -0.05) is 25.7 Å². The average molecular weight is 261 g/mol. The van der Waals surface area contributed by atoms with Crippen LogP contribution in [0.15, 0.2) is 24.3 Å². The summed E-state index contributed by atoms with van der Waals surface area (Å²) in [4.78, 5) is 22.8. The Labute approximate surface area is 112 Å². The Hall–Kier alpha value is -1.84. The van der Waals surface area contributed by atoms with Gasteiger partial charge in [0.1, 0.15) is 0 Å². The normalized spacial score (nSPS) is 16.6. The van der Waals surface area contributed by atoms with Gasteiger partial charge < -0.3 is 10.4 Å². The van der Waals surface area contributed by atoms with Gasteiger partial charge in [0, 0.05) is 11.6 Å². The molecular weight excluding hydrogens is 242 g/mol. The van der Waals surface area contributed by atoms with Crippen molar-refractivity contribution >= 4 is 17.6 Å². The lowest BCUT2D eigenvalue weighted by Gasteiger charge is -2.14. The first-order valence-corrected chi connectivity index (χ1v) is 6.81. The van der Waals surface area contributed by atoms with Gasteiger partial charge in [0.2, 0.25) is 5.91 Å². The summed E-state index contributed by atoms with van der Waals surface area (Å²) in [6.07, 6.45) is 6.60. The lowest BCUT2D eigenvalue weighted by molar-refractivity contribution is -0.120. The van der Waals surface area contributed by atoms with Crippen molar-refractivity contribution in [3.8, 4) is 0 Å². The molecule has 1 aromatic rings. The quantitative estimate of drug-likeness (QED) is 0.820. The topological polar surface area (TPSA) is 66.4 Å². The number of benzene rings is 1. The molecule has 0 saturated heterocycles. The van der Waals surface area contributed by atoms with Crippen molar-refractivity contribution in [2.45, 2.75) is 38.5 Å². The van der Waals surface area contributed by atoms with Crippen LogP contribution >= 0.6 is 0 Å². The number of hydrogen-bond donors (Lipinski definition) is 2. The maximum atomic E-state index is 12.1. The molecule has 2 N–H and O–H groups in total. The average Bonchev–Trinajstić information content (AvgIpc) is 2.68. The van der Waals surface area contributed by atoms with E-state index in [4.69, 9.17) is 5.11 Å². The molecule has 0 unspecified atom stereocenters. The van der Waals surface area contributed by atoms with Crippen molar-refractivity contribution < 1.29 is 14.7 Å². The lowest BCUT2D eigenvalue weighted by atomic mass is 9.99. The van der Waals surface area contributed by atoms with Gasteiger partial charge >= 0.3 is 5.97 Å². The van der Waals surface area contributed by atoms with Crippen molar-refractivity contribution in [3.63, 3.8) is 0 Å². The molecule has 0 heterocycles. The Bertz CT molecular complexity index is 445. The maximum absolute atomic E-state index is 12.1. The van der Waals surface area contributed by atoms with E-state index in [2.05, 4.69) is 5.32 Å². The summed E-state index contributed by atoms with van der Waals surface area (Å²) < 4.78 is 0. The van der Waals surface area contributed by atoms with Crippen molar-refractivity contribution in [1.82, 2.24) is 0 Å². The van der Waals surface area contributed by atoms with Crippen LogP contribution < -0.4 is 5.32 Å². The number of aromatic carboxylic acids is 1. The van der Waals surface area contributed by atoms with E-state index in [1.807, 2.05) is 0 Å². The van der Waals surface area contributed by atoms with Crippen molar-refractivity contribution in [2.24, 2.45) is 5.92 Å². The second kappa shape index (κ2) is 6.36. The molecule has 102 valence electrons. The van der Waals surface area contributed by atoms with E-state index in [1.165, 1.54) is 25.0 Å². The van der Waals surface area contributed by atoms with Gasteiger partial charge in [-0.3, -0.25) is 4.79 Å². The number of anilines is 1. The van der Waals surface area contributed by atoms with Crippen LogP contribution in [0.4, 0.5) is 5.69 Å². The molecule has 0 aromatic heterocycles. The highest BCUT2D eigenvalue weighted by Crippen LogP contribution is 2.24. The molecule has 1 saturated carbocycles. The van der Waals surface area contributed by atoms with Crippen molar-refractivity contribution in [3.05, 3.63) is 29.8 Å².